The van der Waals surface area contributed by atoms with E-state index in [0.717, 1.165) is 64.9 Å². The molecule has 0 amide bonds. The lowest BCUT2D eigenvalue weighted by Crippen LogP contribution is -2.62. The summed E-state index contributed by atoms with van der Waals surface area (Å²) >= 11 is 0. The molecule has 0 aliphatic carbocycles. The molecule has 4 saturated heterocycles. The second kappa shape index (κ2) is 11.5. The van der Waals surface area contributed by atoms with Crippen LogP contribution in [0.1, 0.15) is 13.3 Å². The van der Waals surface area contributed by atoms with E-state index in [2.05, 4.69) is 32.3 Å². The van der Waals surface area contributed by atoms with Gasteiger partial charge in [0, 0.05) is 64.9 Å². The first-order valence-electron chi connectivity index (χ1n) is 9.64. The lowest BCUT2D eigenvalue weighted by Gasteiger charge is -2.47. The summed E-state index contributed by atoms with van der Waals surface area (Å²) in [5.41, 5.74) is 0. The van der Waals surface area contributed by atoms with Gasteiger partial charge >= 0.3 is 0 Å². The van der Waals surface area contributed by atoms with Crippen LogP contribution in [0.2, 0.25) is 0 Å². The third-order valence-corrected chi connectivity index (χ3v) is 5.24. The lowest BCUT2D eigenvalue weighted by molar-refractivity contribution is 0.0174. The van der Waals surface area contributed by atoms with Crippen molar-refractivity contribution in [1.82, 2.24) is 25.3 Å². The zero-order chi connectivity index (χ0) is 16.6. The topological polar surface area (TPSA) is 55.4 Å². The zero-order valence-corrected chi connectivity index (χ0v) is 17.9. The number of nitrogens with one attached hydrogen (secondary N) is 2. The van der Waals surface area contributed by atoms with Crippen LogP contribution in [0, 0.1) is 0 Å². The number of ether oxygens (including phenoxy) is 1. The minimum atomic E-state index is 0. The Bertz CT molecular complexity index is 397. The van der Waals surface area contributed by atoms with Crippen molar-refractivity contribution in [1.29, 1.82) is 0 Å². The van der Waals surface area contributed by atoms with Crippen LogP contribution < -0.4 is 10.6 Å². The van der Waals surface area contributed by atoms with Gasteiger partial charge in [-0.2, -0.15) is 0 Å². The summed E-state index contributed by atoms with van der Waals surface area (Å²) in [6, 6.07) is 0.594. The summed E-state index contributed by atoms with van der Waals surface area (Å²) in [6.45, 7) is 16.0. The number of nitrogens with zero attached hydrogens (tertiary/aromatic N) is 4. The Morgan fingerprint density at radius 3 is 2.48 bits per heavy atom. The molecule has 0 aromatic heterocycles. The molecular formula is C17H35IN6O. The van der Waals surface area contributed by atoms with Gasteiger partial charge in [0.05, 0.1) is 19.8 Å². The van der Waals surface area contributed by atoms with Crippen molar-refractivity contribution in [3.8, 4) is 0 Å². The molecule has 7 nitrogen and oxygen atoms in total. The predicted molar refractivity (Wildman–Crippen MR) is 113 cm³/mol. The SMILES string of the molecule is CCNC(=NCC1CN2CCN1CC2)NCCCN1CCOCC1.I. The Labute approximate surface area is 169 Å². The van der Waals surface area contributed by atoms with Gasteiger partial charge in [-0.15, -0.1) is 24.0 Å². The number of hydrogen-bond donors (Lipinski definition) is 2. The van der Waals surface area contributed by atoms with Gasteiger partial charge in [-0.05, 0) is 19.9 Å². The van der Waals surface area contributed by atoms with E-state index in [1.54, 1.807) is 0 Å². The number of hydrogen-bond acceptors (Lipinski definition) is 5. The highest BCUT2D eigenvalue weighted by molar-refractivity contribution is 14.0. The zero-order valence-electron chi connectivity index (χ0n) is 15.6. The Hall–Kier alpha value is -0.160. The number of rotatable bonds is 7. The molecule has 146 valence electrons. The monoisotopic (exact) mass is 466 g/mol. The summed E-state index contributed by atoms with van der Waals surface area (Å²) in [4.78, 5) is 12.5. The van der Waals surface area contributed by atoms with E-state index in [1.807, 2.05) is 0 Å². The molecule has 25 heavy (non-hydrogen) atoms. The molecule has 2 N–H and O–H groups in total. The molecule has 4 rings (SSSR count). The average molecular weight is 466 g/mol. The third-order valence-electron chi connectivity index (χ3n) is 5.24. The van der Waals surface area contributed by atoms with Gasteiger partial charge < -0.3 is 15.4 Å². The largest absolute Gasteiger partial charge is 0.379 e. The summed E-state index contributed by atoms with van der Waals surface area (Å²) in [7, 11) is 0. The van der Waals surface area contributed by atoms with E-state index in [9.17, 15) is 0 Å². The number of piperazine rings is 3. The van der Waals surface area contributed by atoms with Crippen molar-refractivity contribution in [3.05, 3.63) is 0 Å². The molecule has 4 aliphatic heterocycles. The minimum absolute atomic E-state index is 0. The third kappa shape index (κ3) is 6.82. The van der Waals surface area contributed by atoms with Gasteiger partial charge in [-0.3, -0.25) is 19.7 Å². The Kier molecular flexibility index (Phi) is 9.75. The van der Waals surface area contributed by atoms with Crippen molar-refractivity contribution < 1.29 is 4.74 Å². The Morgan fingerprint density at radius 2 is 1.84 bits per heavy atom. The van der Waals surface area contributed by atoms with Gasteiger partial charge in [0.25, 0.3) is 0 Å². The van der Waals surface area contributed by atoms with Gasteiger partial charge in [0.15, 0.2) is 5.96 Å². The van der Waals surface area contributed by atoms with Crippen LogP contribution >= 0.6 is 24.0 Å². The van der Waals surface area contributed by atoms with Crippen LogP contribution in [0.15, 0.2) is 4.99 Å². The number of guanidine groups is 1. The molecule has 0 spiro atoms. The molecule has 4 aliphatic rings. The van der Waals surface area contributed by atoms with E-state index < -0.39 is 0 Å². The fourth-order valence-electron chi connectivity index (χ4n) is 3.77. The molecule has 0 aromatic rings. The van der Waals surface area contributed by atoms with Crippen LogP contribution in [-0.4, -0.2) is 112 Å². The maximum atomic E-state index is 5.39. The maximum Gasteiger partial charge on any atom is 0.191 e. The average Bonchev–Trinajstić information content (AvgIpc) is 2.65. The first-order valence-corrected chi connectivity index (χ1v) is 9.64. The van der Waals surface area contributed by atoms with Crippen molar-refractivity contribution >= 4 is 29.9 Å². The van der Waals surface area contributed by atoms with E-state index in [0.29, 0.717) is 6.04 Å². The molecule has 2 bridgehead atoms. The van der Waals surface area contributed by atoms with Gasteiger partial charge in [-0.1, -0.05) is 0 Å². The summed E-state index contributed by atoms with van der Waals surface area (Å²) in [5, 5.41) is 6.87. The fraction of sp³-hybridized carbons (Fsp3) is 0.941. The Morgan fingerprint density at radius 1 is 1.08 bits per heavy atom. The number of morpholine rings is 1. The first-order chi connectivity index (χ1) is 11.8. The fourth-order valence-corrected chi connectivity index (χ4v) is 3.77. The quantitative estimate of drug-likeness (QED) is 0.236. The summed E-state index contributed by atoms with van der Waals surface area (Å²) < 4.78 is 5.39. The normalized spacial score (nSPS) is 30.0. The lowest BCUT2D eigenvalue weighted by atomic mass is 10.1. The van der Waals surface area contributed by atoms with Crippen LogP contribution in [0.5, 0.6) is 0 Å². The number of aliphatic imine (C=N–C) groups is 1. The van der Waals surface area contributed by atoms with E-state index in [4.69, 9.17) is 9.73 Å². The molecule has 0 radical (unpaired) electrons. The van der Waals surface area contributed by atoms with Crippen LogP contribution in [0.4, 0.5) is 0 Å². The predicted octanol–water partition coefficient (Wildman–Crippen LogP) is -0.118. The van der Waals surface area contributed by atoms with E-state index in [1.165, 1.54) is 32.7 Å². The Balaban J connectivity index is 0.00000225. The molecule has 0 aromatic carbocycles. The van der Waals surface area contributed by atoms with Crippen molar-refractivity contribution in [2.45, 2.75) is 19.4 Å². The molecule has 1 unspecified atom stereocenters. The van der Waals surface area contributed by atoms with Gasteiger partial charge in [0.2, 0.25) is 0 Å². The standard InChI is InChI=1S/C17H34N6O.HI/c1-2-18-17(19-4-3-5-21-10-12-24-13-11-21)20-14-16-15-22-6-8-23(16)9-7-22;/h16H,2-15H2,1H3,(H2,18,19,20);1H. The van der Waals surface area contributed by atoms with E-state index >= 15 is 0 Å². The van der Waals surface area contributed by atoms with Gasteiger partial charge in [-0.25, -0.2) is 0 Å². The molecule has 1 atom stereocenters. The number of halogens is 1. The van der Waals surface area contributed by atoms with Crippen molar-refractivity contribution in [2.24, 2.45) is 4.99 Å². The molecule has 8 heteroatoms. The molecule has 0 saturated carbocycles. The van der Waals surface area contributed by atoms with Gasteiger partial charge in [0.1, 0.15) is 0 Å². The van der Waals surface area contributed by atoms with Crippen LogP contribution in [0.3, 0.4) is 0 Å². The van der Waals surface area contributed by atoms with Crippen LogP contribution in [0.25, 0.3) is 0 Å². The van der Waals surface area contributed by atoms with Crippen molar-refractivity contribution in [3.63, 3.8) is 0 Å². The second-order valence-electron chi connectivity index (χ2n) is 6.94. The maximum absolute atomic E-state index is 5.39. The highest BCUT2D eigenvalue weighted by atomic mass is 127. The number of fused-ring (bicyclic) bond motifs is 3. The van der Waals surface area contributed by atoms with E-state index in [-0.39, 0.29) is 24.0 Å². The highest BCUT2D eigenvalue weighted by Crippen LogP contribution is 2.15. The summed E-state index contributed by atoms with van der Waals surface area (Å²) in [5.74, 6) is 0.970. The van der Waals surface area contributed by atoms with Crippen LogP contribution in [-0.2, 0) is 4.74 Å². The highest BCUT2D eigenvalue weighted by Gasteiger charge is 2.31. The summed E-state index contributed by atoms with van der Waals surface area (Å²) in [6.07, 6.45) is 1.15. The first kappa shape index (κ1) is 21.1. The molecule has 4 fully saturated rings. The minimum Gasteiger partial charge on any atom is -0.379 e. The molecular weight excluding hydrogens is 431 g/mol. The molecule has 4 heterocycles. The second-order valence-corrected chi connectivity index (χ2v) is 6.94. The smallest absolute Gasteiger partial charge is 0.191 e. The van der Waals surface area contributed by atoms with Crippen molar-refractivity contribution in [2.75, 3.05) is 85.2 Å².